The van der Waals surface area contributed by atoms with Gasteiger partial charge in [-0.05, 0) is 66.5 Å². The van der Waals surface area contributed by atoms with Crippen molar-refractivity contribution < 1.29 is 10.2 Å². The van der Waals surface area contributed by atoms with Gasteiger partial charge in [-0.25, -0.2) is 0 Å². The van der Waals surface area contributed by atoms with Crippen LogP contribution in [0.2, 0.25) is 0 Å². The van der Waals surface area contributed by atoms with Gasteiger partial charge in [0, 0.05) is 42.0 Å². The Kier molecular flexibility index (Phi) is 4.97. The van der Waals surface area contributed by atoms with Gasteiger partial charge in [0.05, 0.1) is 11.1 Å². The predicted molar refractivity (Wildman–Crippen MR) is 117 cm³/mol. The van der Waals surface area contributed by atoms with Crippen LogP contribution in [0.3, 0.4) is 0 Å². The van der Waals surface area contributed by atoms with Gasteiger partial charge in [0.25, 0.3) is 11.1 Å². The molecule has 0 amide bonds. The number of rotatable bonds is 2. The third-order valence-corrected chi connectivity index (χ3v) is 6.42. The molecule has 3 N–H and O–H groups in total. The summed E-state index contributed by atoms with van der Waals surface area (Å²) in [5, 5.41) is 25.6. The lowest BCUT2D eigenvalue weighted by Crippen LogP contribution is -2.64. The Morgan fingerprint density at radius 1 is 0.800 bits per heavy atom. The van der Waals surface area contributed by atoms with Crippen LogP contribution in [0, 0.1) is 13.8 Å². The molecule has 0 bridgehead atoms. The van der Waals surface area contributed by atoms with Crippen molar-refractivity contribution in [1.82, 2.24) is 14.5 Å². The van der Waals surface area contributed by atoms with Crippen molar-refractivity contribution in [3.05, 3.63) is 55.4 Å². The molecule has 0 radical (unpaired) electrons. The summed E-state index contributed by atoms with van der Waals surface area (Å²) in [5.74, 6) is -0.294. The van der Waals surface area contributed by atoms with E-state index in [0.717, 1.165) is 0 Å². The lowest BCUT2D eigenvalue weighted by Gasteiger charge is -2.53. The molecule has 1 aliphatic rings. The van der Waals surface area contributed by atoms with E-state index in [1.54, 1.807) is 40.1 Å². The fraction of sp³-hybridized carbons (Fsp3) is 0.565. The Hall–Kier alpha value is -2.54. The molecule has 0 atom stereocenters. The van der Waals surface area contributed by atoms with Crippen LogP contribution >= 0.6 is 0 Å². The van der Waals surface area contributed by atoms with Crippen LogP contribution in [0.25, 0.3) is 0 Å². The topological polar surface area (TPSA) is 96.5 Å². The van der Waals surface area contributed by atoms with Gasteiger partial charge in [-0.15, -0.1) is 0 Å². The summed E-state index contributed by atoms with van der Waals surface area (Å²) >= 11 is 0. The zero-order valence-electron chi connectivity index (χ0n) is 19.2. The largest absolute Gasteiger partial charge is 0.507 e. The molecule has 30 heavy (non-hydrogen) atoms. The lowest BCUT2D eigenvalue weighted by molar-refractivity contribution is 0.117. The van der Waals surface area contributed by atoms with Gasteiger partial charge < -0.3 is 24.7 Å². The fourth-order valence-corrected chi connectivity index (χ4v) is 5.56. The average Bonchev–Trinajstić information content (AvgIpc) is 2.54. The minimum absolute atomic E-state index is 0.147. The summed E-state index contributed by atoms with van der Waals surface area (Å²) < 4.78 is 2.96. The number of piperidine rings is 1. The molecule has 2 aromatic rings. The Balaban J connectivity index is 2.55. The van der Waals surface area contributed by atoms with Gasteiger partial charge in [-0.2, -0.15) is 0 Å². The van der Waals surface area contributed by atoms with E-state index >= 15 is 0 Å². The van der Waals surface area contributed by atoms with Crippen LogP contribution in [0.1, 0.15) is 63.1 Å². The van der Waals surface area contributed by atoms with Crippen molar-refractivity contribution in [2.75, 3.05) is 0 Å². The molecule has 0 spiro atoms. The van der Waals surface area contributed by atoms with Gasteiger partial charge in [-0.1, -0.05) is 0 Å². The molecule has 3 rings (SSSR count). The normalized spacial score (nSPS) is 19.6. The van der Waals surface area contributed by atoms with E-state index in [1.165, 1.54) is 9.13 Å². The van der Waals surface area contributed by atoms with Gasteiger partial charge in [0.1, 0.15) is 11.5 Å². The molecule has 3 heterocycles. The van der Waals surface area contributed by atoms with Crippen molar-refractivity contribution in [3.63, 3.8) is 0 Å². The monoisotopic (exact) mass is 415 g/mol. The van der Waals surface area contributed by atoms with Gasteiger partial charge in [-0.3, -0.25) is 9.59 Å². The fourth-order valence-electron chi connectivity index (χ4n) is 5.56. The van der Waals surface area contributed by atoms with Crippen LogP contribution < -0.4 is 16.4 Å². The minimum Gasteiger partial charge on any atom is -0.507 e. The van der Waals surface area contributed by atoms with E-state index in [-0.39, 0.29) is 33.7 Å². The molecule has 0 aliphatic carbocycles. The van der Waals surface area contributed by atoms with Crippen LogP contribution in [0.15, 0.2) is 21.7 Å². The first-order valence-electron chi connectivity index (χ1n) is 10.2. The predicted octanol–water partition coefficient (Wildman–Crippen LogP) is 2.34. The molecular weight excluding hydrogens is 382 g/mol. The molecule has 1 fully saturated rings. The van der Waals surface area contributed by atoms with Crippen molar-refractivity contribution in [2.45, 2.75) is 70.9 Å². The second-order valence-electron chi connectivity index (χ2n) is 10.1. The highest BCUT2D eigenvalue weighted by molar-refractivity contribution is 5.52. The Morgan fingerprint density at radius 2 is 1.13 bits per heavy atom. The van der Waals surface area contributed by atoms with Crippen molar-refractivity contribution in [2.24, 2.45) is 14.1 Å². The zero-order chi connectivity index (χ0) is 22.8. The summed E-state index contributed by atoms with van der Waals surface area (Å²) in [5.41, 5.74) is -1.26. The standard InChI is InChI=1S/C23H33N3O4/c1-13-9-15(27)17(19(29)25(13)7)23(11-21(3,4)24-22(5,6)12-23)18-16(28)10-14(2)26(8)20(18)30/h9-10,24,27-28H,11-12H2,1-8H3. The Labute approximate surface area is 177 Å². The number of aromatic nitrogens is 2. The second-order valence-corrected chi connectivity index (χ2v) is 10.1. The van der Waals surface area contributed by atoms with Crippen LogP contribution in [0.4, 0.5) is 0 Å². The molecule has 2 aromatic heterocycles. The first-order valence-corrected chi connectivity index (χ1v) is 10.2. The number of nitrogens with one attached hydrogen (secondary N) is 1. The first kappa shape index (κ1) is 22.2. The van der Waals surface area contributed by atoms with E-state index in [1.807, 2.05) is 27.7 Å². The SMILES string of the molecule is Cc1cc(O)c(C2(c3c(O)cc(C)n(C)c3=O)CC(C)(C)NC(C)(C)C2)c(=O)n1C. The minimum atomic E-state index is -1.17. The number of hydrogen-bond acceptors (Lipinski definition) is 5. The summed E-state index contributed by atoms with van der Waals surface area (Å²) in [7, 11) is 3.30. The number of nitrogens with zero attached hydrogens (tertiary/aromatic N) is 2. The molecule has 1 aliphatic heterocycles. The third-order valence-electron chi connectivity index (χ3n) is 6.42. The van der Waals surface area contributed by atoms with Crippen LogP contribution in [-0.2, 0) is 19.5 Å². The van der Waals surface area contributed by atoms with E-state index in [9.17, 15) is 19.8 Å². The molecule has 0 unspecified atom stereocenters. The third kappa shape index (κ3) is 3.35. The molecule has 0 aromatic carbocycles. The molecule has 7 heteroatoms. The van der Waals surface area contributed by atoms with Crippen LogP contribution in [0.5, 0.6) is 11.5 Å². The van der Waals surface area contributed by atoms with Crippen molar-refractivity contribution in [1.29, 1.82) is 0 Å². The molecular formula is C23H33N3O4. The lowest BCUT2D eigenvalue weighted by atomic mass is 9.59. The van der Waals surface area contributed by atoms with E-state index in [2.05, 4.69) is 5.32 Å². The van der Waals surface area contributed by atoms with E-state index < -0.39 is 16.5 Å². The molecule has 0 saturated carbocycles. The highest BCUT2D eigenvalue weighted by Crippen LogP contribution is 2.51. The number of aryl methyl sites for hydroxylation is 2. The van der Waals surface area contributed by atoms with E-state index in [0.29, 0.717) is 24.2 Å². The number of hydrogen-bond donors (Lipinski definition) is 3. The Bertz CT molecular complexity index is 1050. The second kappa shape index (κ2) is 6.74. The zero-order valence-corrected chi connectivity index (χ0v) is 19.2. The van der Waals surface area contributed by atoms with Gasteiger partial charge >= 0.3 is 0 Å². The van der Waals surface area contributed by atoms with Gasteiger partial charge in [0.2, 0.25) is 0 Å². The Morgan fingerprint density at radius 3 is 1.47 bits per heavy atom. The molecule has 164 valence electrons. The maximum absolute atomic E-state index is 13.5. The highest BCUT2D eigenvalue weighted by atomic mass is 16.3. The van der Waals surface area contributed by atoms with Gasteiger partial charge in [0.15, 0.2) is 0 Å². The summed E-state index contributed by atoms with van der Waals surface area (Å²) in [6.45, 7) is 11.5. The average molecular weight is 416 g/mol. The summed E-state index contributed by atoms with van der Waals surface area (Å²) in [6, 6.07) is 3.10. The van der Waals surface area contributed by atoms with Crippen molar-refractivity contribution in [3.8, 4) is 11.5 Å². The quantitative estimate of drug-likeness (QED) is 0.700. The molecule has 7 nitrogen and oxygen atoms in total. The number of pyridine rings is 2. The smallest absolute Gasteiger partial charge is 0.258 e. The maximum Gasteiger partial charge on any atom is 0.258 e. The van der Waals surface area contributed by atoms with Crippen LogP contribution in [-0.4, -0.2) is 30.4 Å². The number of aromatic hydroxyl groups is 2. The molecule has 1 saturated heterocycles. The first-order chi connectivity index (χ1) is 13.6. The van der Waals surface area contributed by atoms with E-state index in [4.69, 9.17) is 0 Å². The summed E-state index contributed by atoms with van der Waals surface area (Å²) in [4.78, 5) is 27.0. The van der Waals surface area contributed by atoms with Crippen molar-refractivity contribution >= 4 is 0 Å². The highest BCUT2D eigenvalue weighted by Gasteiger charge is 2.53. The summed E-state index contributed by atoms with van der Waals surface area (Å²) in [6.07, 6.45) is 0.725. The maximum atomic E-state index is 13.5.